The van der Waals surface area contributed by atoms with E-state index in [2.05, 4.69) is 33.0 Å². The standard InChI is InChI=1S/C12H15N3/c1-9-14-8-11-7-10(4-6-15(9)11)12-3-2-5-13-12/h4,6-8,12-13H,2-3,5H2,1H3. The fourth-order valence-corrected chi connectivity index (χ4v) is 2.34. The number of hydrogen-bond acceptors (Lipinski definition) is 2. The largest absolute Gasteiger partial charge is 0.310 e. The number of aryl methyl sites for hydroxylation is 1. The second-order valence-corrected chi connectivity index (χ2v) is 4.21. The molecule has 78 valence electrons. The maximum atomic E-state index is 4.31. The van der Waals surface area contributed by atoms with Gasteiger partial charge in [-0.1, -0.05) is 0 Å². The van der Waals surface area contributed by atoms with Gasteiger partial charge in [0.05, 0.1) is 11.7 Å². The van der Waals surface area contributed by atoms with Crippen LogP contribution in [0, 0.1) is 6.92 Å². The van der Waals surface area contributed by atoms with E-state index >= 15 is 0 Å². The molecule has 15 heavy (non-hydrogen) atoms. The molecule has 2 aromatic heterocycles. The van der Waals surface area contributed by atoms with Gasteiger partial charge in [-0.05, 0) is 44.0 Å². The van der Waals surface area contributed by atoms with Crippen molar-refractivity contribution in [2.75, 3.05) is 6.54 Å². The molecule has 1 atom stereocenters. The topological polar surface area (TPSA) is 29.3 Å². The Morgan fingerprint density at radius 1 is 1.53 bits per heavy atom. The molecule has 1 aliphatic heterocycles. The molecule has 2 aromatic rings. The van der Waals surface area contributed by atoms with E-state index in [1.165, 1.54) is 23.9 Å². The molecule has 1 aliphatic rings. The molecule has 0 aromatic carbocycles. The van der Waals surface area contributed by atoms with E-state index in [0.717, 1.165) is 12.4 Å². The van der Waals surface area contributed by atoms with Crippen molar-refractivity contribution in [3.8, 4) is 0 Å². The summed E-state index contributed by atoms with van der Waals surface area (Å²) in [6.45, 7) is 3.18. The van der Waals surface area contributed by atoms with Crippen LogP contribution in [0.3, 0.4) is 0 Å². The van der Waals surface area contributed by atoms with E-state index in [1.54, 1.807) is 0 Å². The van der Waals surface area contributed by atoms with E-state index in [0.29, 0.717) is 6.04 Å². The lowest BCUT2D eigenvalue weighted by Crippen LogP contribution is -2.12. The maximum Gasteiger partial charge on any atom is 0.110 e. The van der Waals surface area contributed by atoms with Crippen LogP contribution in [0.15, 0.2) is 24.5 Å². The fourth-order valence-electron chi connectivity index (χ4n) is 2.34. The number of aromatic nitrogens is 2. The molecule has 0 radical (unpaired) electrons. The van der Waals surface area contributed by atoms with Gasteiger partial charge in [0.15, 0.2) is 0 Å². The van der Waals surface area contributed by atoms with Crippen molar-refractivity contribution in [1.82, 2.24) is 14.7 Å². The third-order valence-electron chi connectivity index (χ3n) is 3.20. The molecule has 3 rings (SSSR count). The van der Waals surface area contributed by atoms with Gasteiger partial charge >= 0.3 is 0 Å². The Hall–Kier alpha value is -1.35. The smallest absolute Gasteiger partial charge is 0.110 e. The van der Waals surface area contributed by atoms with Crippen LogP contribution in [0.2, 0.25) is 0 Å². The van der Waals surface area contributed by atoms with E-state index < -0.39 is 0 Å². The minimum Gasteiger partial charge on any atom is -0.310 e. The van der Waals surface area contributed by atoms with Gasteiger partial charge in [-0.15, -0.1) is 0 Å². The van der Waals surface area contributed by atoms with Crippen LogP contribution in [-0.2, 0) is 0 Å². The lowest BCUT2D eigenvalue weighted by atomic mass is 10.1. The van der Waals surface area contributed by atoms with Crippen LogP contribution in [0.25, 0.3) is 5.52 Å². The van der Waals surface area contributed by atoms with Crippen LogP contribution in [0.5, 0.6) is 0 Å². The number of nitrogens with zero attached hydrogens (tertiary/aromatic N) is 2. The van der Waals surface area contributed by atoms with E-state index in [9.17, 15) is 0 Å². The highest BCUT2D eigenvalue weighted by molar-refractivity contribution is 5.49. The zero-order chi connectivity index (χ0) is 10.3. The van der Waals surface area contributed by atoms with Crippen LogP contribution in [0.1, 0.15) is 30.3 Å². The third kappa shape index (κ3) is 1.43. The van der Waals surface area contributed by atoms with Gasteiger partial charge in [-0.25, -0.2) is 4.98 Å². The van der Waals surface area contributed by atoms with Gasteiger partial charge in [-0.2, -0.15) is 0 Å². The molecule has 3 nitrogen and oxygen atoms in total. The van der Waals surface area contributed by atoms with Crippen molar-refractivity contribution in [3.05, 3.63) is 35.9 Å². The molecule has 1 fully saturated rings. The Bertz CT molecular complexity index is 481. The molecule has 3 heterocycles. The van der Waals surface area contributed by atoms with Crippen LogP contribution >= 0.6 is 0 Å². The Morgan fingerprint density at radius 3 is 3.27 bits per heavy atom. The lowest BCUT2D eigenvalue weighted by molar-refractivity contribution is 0.647. The molecular weight excluding hydrogens is 186 g/mol. The van der Waals surface area contributed by atoms with E-state index in [4.69, 9.17) is 0 Å². The molecule has 0 aliphatic carbocycles. The number of hydrogen-bond donors (Lipinski definition) is 1. The maximum absolute atomic E-state index is 4.31. The van der Waals surface area contributed by atoms with Gasteiger partial charge in [-0.3, -0.25) is 0 Å². The van der Waals surface area contributed by atoms with Crippen LogP contribution in [-0.4, -0.2) is 15.9 Å². The second-order valence-electron chi connectivity index (χ2n) is 4.21. The average Bonchev–Trinajstić information content (AvgIpc) is 2.88. The minimum atomic E-state index is 0.546. The van der Waals surface area contributed by atoms with Crippen LogP contribution < -0.4 is 5.32 Å². The summed E-state index contributed by atoms with van der Waals surface area (Å²) in [5.74, 6) is 1.05. The van der Waals surface area contributed by atoms with Crippen molar-refractivity contribution in [2.45, 2.75) is 25.8 Å². The first kappa shape index (κ1) is 8.92. The van der Waals surface area contributed by atoms with Crippen molar-refractivity contribution < 1.29 is 0 Å². The van der Waals surface area contributed by atoms with Gasteiger partial charge < -0.3 is 9.72 Å². The summed E-state index contributed by atoms with van der Waals surface area (Å²) in [5.41, 5.74) is 2.58. The van der Waals surface area contributed by atoms with E-state index in [1.807, 2.05) is 13.1 Å². The number of nitrogens with one attached hydrogen (secondary N) is 1. The molecule has 0 spiro atoms. The number of imidazole rings is 1. The van der Waals surface area contributed by atoms with Gasteiger partial charge in [0.2, 0.25) is 0 Å². The van der Waals surface area contributed by atoms with Crippen molar-refractivity contribution in [1.29, 1.82) is 0 Å². The quantitative estimate of drug-likeness (QED) is 0.765. The van der Waals surface area contributed by atoms with Gasteiger partial charge in [0, 0.05) is 12.2 Å². The summed E-state index contributed by atoms with van der Waals surface area (Å²) in [7, 11) is 0. The second kappa shape index (κ2) is 3.35. The predicted octanol–water partition coefficient (Wildman–Crippen LogP) is 2.07. The monoisotopic (exact) mass is 201 g/mol. The van der Waals surface area contributed by atoms with Crippen molar-refractivity contribution in [3.63, 3.8) is 0 Å². The Labute approximate surface area is 89.1 Å². The summed E-state index contributed by atoms with van der Waals surface area (Å²) in [5, 5.41) is 3.51. The van der Waals surface area contributed by atoms with Crippen molar-refractivity contribution >= 4 is 5.52 Å². The Morgan fingerprint density at radius 2 is 2.47 bits per heavy atom. The van der Waals surface area contributed by atoms with Gasteiger partial charge in [0.1, 0.15) is 5.82 Å². The molecular formula is C12H15N3. The fraction of sp³-hybridized carbons (Fsp3) is 0.417. The normalized spacial score (nSPS) is 21.3. The summed E-state index contributed by atoms with van der Waals surface area (Å²) in [6.07, 6.45) is 6.60. The molecule has 1 unspecified atom stereocenters. The third-order valence-corrected chi connectivity index (χ3v) is 3.20. The summed E-state index contributed by atoms with van der Waals surface area (Å²) in [4.78, 5) is 4.31. The Balaban J connectivity index is 2.05. The zero-order valence-electron chi connectivity index (χ0n) is 8.90. The van der Waals surface area contributed by atoms with Crippen LogP contribution in [0.4, 0.5) is 0 Å². The molecule has 1 N–H and O–H groups in total. The highest BCUT2D eigenvalue weighted by Gasteiger charge is 2.16. The minimum absolute atomic E-state index is 0.546. The average molecular weight is 201 g/mol. The number of rotatable bonds is 1. The number of pyridine rings is 1. The molecule has 3 heteroatoms. The molecule has 0 amide bonds. The first-order valence-electron chi connectivity index (χ1n) is 5.51. The number of fused-ring (bicyclic) bond motifs is 1. The summed E-state index contributed by atoms with van der Waals surface area (Å²) in [6, 6.07) is 4.98. The lowest BCUT2D eigenvalue weighted by Gasteiger charge is -2.10. The summed E-state index contributed by atoms with van der Waals surface area (Å²) < 4.78 is 2.12. The molecule has 0 bridgehead atoms. The first-order chi connectivity index (χ1) is 7.34. The Kier molecular flexibility index (Phi) is 1.99. The summed E-state index contributed by atoms with van der Waals surface area (Å²) >= 11 is 0. The molecule has 0 saturated carbocycles. The van der Waals surface area contributed by atoms with Gasteiger partial charge in [0.25, 0.3) is 0 Å². The predicted molar refractivity (Wildman–Crippen MR) is 59.9 cm³/mol. The highest BCUT2D eigenvalue weighted by atomic mass is 15.0. The van der Waals surface area contributed by atoms with Crippen molar-refractivity contribution in [2.24, 2.45) is 0 Å². The first-order valence-corrected chi connectivity index (χ1v) is 5.51. The molecule has 1 saturated heterocycles. The highest BCUT2D eigenvalue weighted by Crippen LogP contribution is 2.24. The SMILES string of the molecule is Cc1ncc2cc(C3CCCN3)ccn12. The zero-order valence-corrected chi connectivity index (χ0v) is 8.90. The van der Waals surface area contributed by atoms with E-state index in [-0.39, 0.29) is 0 Å².